The van der Waals surface area contributed by atoms with Crippen molar-refractivity contribution >= 4 is 5.91 Å². The number of carbonyl (C=O) groups is 1. The highest BCUT2D eigenvalue weighted by Crippen LogP contribution is 2.41. The molecular weight excluding hydrogens is 378 g/mol. The molecule has 0 radical (unpaired) electrons. The zero-order chi connectivity index (χ0) is 22.1. The summed E-state index contributed by atoms with van der Waals surface area (Å²) in [5, 5.41) is 3.17. The lowest BCUT2D eigenvalue weighted by atomic mass is 9.89. The standard InChI is InChI=1S/C25H33NO4/c1-15(2)19-10-8-16(3)12-23(19)29-17(4)24(27)26-21-14-25(5,6)30-22-11-9-18(28-7)13-20(21)22/h8-13,15,17,21H,14H2,1-7H3,(H,26,27)/t17-,21-/m0/s1. The van der Waals surface area contributed by atoms with E-state index in [0.29, 0.717) is 12.3 Å². The monoisotopic (exact) mass is 411 g/mol. The number of fused-ring (bicyclic) bond motifs is 1. The van der Waals surface area contributed by atoms with E-state index in [9.17, 15) is 4.79 Å². The third kappa shape index (κ3) is 4.89. The molecule has 0 saturated heterocycles. The molecule has 2 aromatic rings. The molecule has 30 heavy (non-hydrogen) atoms. The minimum atomic E-state index is -0.621. The van der Waals surface area contributed by atoms with Gasteiger partial charge in [-0.25, -0.2) is 0 Å². The average Bonchev–Trinajstić information content (AvgIpc) is 2.66. The van der Waals surface area contributed by atoms with Gasteiger partial charge in [0.2, 0.25) is 0 Å². The summed E-state index contributed by atoms with van der Waals surface area (Å²) >= 11 is 0. The third-order valence-corrected chi connectivity index (χ3v) is 5.45. The zero-order valence-electron chi connectivity index (χ0n) is 19.0. The lowest BCUT2D eigenvalue weighted by Crippen LogP contribution is -2.44. The molecule has 2 aromatic carbocycles. The van der Waals surface area contributed by atoms with Crippen molar-refractivity contribution < 1.29 is 19.0 Å². The molecule has 0 bridgehead atoms. The fourth-order valence-corrected chi connectivity index (χ4v) is 3.84. The highest BCUT2D eigenvalue weighted by Gasteiger charge is 2.35. The molecular formula is C25H33NO4. The number of rotatable bonds is 6. The molecule has 1 N–H and O–H groups in total. The van der Waals surface area contributed by atoms with Gasteiger partial charge in [-0.15, -0.1) is 0 Å². The molecule has 0 unspecified atom stereocenters. The summed E-state index contributed by atoms with van der Waals surface area (Å²) in [6.07, 6.45) is 0.0390. The van der Waals surface area contributed by atoms with Gasteiger partial charge in [-0.1, -0.05) is 26.0 Å². The molecule has 1 amide bonds. The minimum absolute atomic E-state index is 0.150. The molecule has 5 heteroatoms. The number of ether oxygens (including phenoxy) is 3. The van der Waals surface area contributed by atoms with Crippen molar-refractivity contribution in [1.29, 1.82) is 0 Å². The Kier molecular flexibility index (Phi) is 6.30. The van der Waals surface area contributed by atoms with Crippen LogP contribution in [0, 0.1) is 6.92 Å². The zero-order valence-corrected chi connectivity index (χ0v) is 19.0. The van der Waals surface area contributed by atoms with Crippen LogP contribution in [0.3, 0.4) is 0 Å². The first-order valence-electron chi connectivity index (χ1n) is 10.5. The SMILES string of the molecule is COc1ccc2c(c1)[C@@H](NC(=O)[C@H](C)Oc1cc(C)ccc1C(C)C)CC(C)(C)O2. The summed E-state index contributed by atoms with van der Waals surface area (Å²) in [6.45, 7) is 12.1. The predicted octanol–water partition coefficient (Wildman–Crippen LogP) is 5.31. The number of amides is 1. The second kappa shape index (κ2) is 8.58. The highest BCUT2D eigenvalue weighted by molar-refractivity contribution is 5.81. The maximum Gasteiger partial charge on any atom is 0.261 e. The van der Waals surface area contributed by atoms with Gasteiger partial charge in [-0.3, -0.25) is 4.79 Å². The van der Waals surface area contributed by atoms with E-state index in [1.807, 2.05) is 45.0 Å². The molecule has 0 aromatic heterocycles. The first kappa shape index (κ1) is 22.0. The quantitative estimate of drug-likeness (QED) is 0.700. The summed E-state index contributed by atoms with van der Waals surface area (Å²) < 4.78 is 17.6. The van der Waals surface area contributed by atoms with Gasteiger partial charge in [0.15, 0.2) is 6.10 Å². The molecule has 0 spiro atoms. The molecule has 2 atom stereocenters. The van der Waals surface area contributed by atoms with Crippen LogP contribution in [-0.4, -0.2) is 24.7 Å². The van der Waals surface area contributed by atoms with E-state index in [1.54, 1.807) is 14.0 Å². The Morgan fingerprint density at radius 1 is 1.17 bits per heavy atom. The molecule has 1 heterocycles. The van der Waals surface area contributed by atoms with Crippen LogP contribution in [0.4, 0.5) is 0 Å². The van der Waals surface area contributed by atoms with Crippen LogP contribution in [0.2, 0.25) is 0 Å². The van der Waals surface area contributed by atoms with Crippen molar-refractivity contribution in [2.75, 3.05) is 7.11 Å². The van der Waals surface area contributed by atoms with Gasteiger partial charge < -0.3 is 19.5 Å². The van der Waals surface area contributed by atoms with Gasteiger partial charge in [-0.2, -0.15) is 0 Å². The van der Waals surface area contributed by atoms with Crippen molar-refractivity contribution in [3.63, 3.8) is 0 Å². The van der Waals surface area contributed by atoms with Gasteiger partial charge in [0.25, 0.3) is 5.91 Å². The molecule has 162 valence electrons. The Bertz CT molecular complexity index is 919. The van der Waals surface area contributed by atoms with Crippen LogP contribution < -0.4 is 19.5 Å². The number of benzene rings is 2. The Labute approximate surface area is 179 Å². The maximum atomic E-state index is 13.0. The average molecular weight is 412 g/mol. The van der Waals surface area contributed by atoms with E-state index in [2.05, 4.69) is 31.3 Å². The number of hydrogen-bond acceptors (Lipinski definition) is 4. The topological polar surface area (TPSA) is 56.8 Å². The van der Waals surface area contributed by atoms with Gasteiger partial charge in [0.05, 0.1) is 13.2 Å². The Morgan fingerprint density at radius 2 is 1.90 bits per heavy atom. The van der Waals surface area contributed by atoms with E-state index in [4.69, 9.17) is 14.2 Å². The van der Waals surface area contributed by atoms with Gasteiger partial charge in [0.1, 0.15) is 22.8 Å². The van der Waals surface area contributed by atoms with E-state index in [0.717, 1.165) is 33.9 Å². The summed E-state index contributed by atoms with van der Waals surface area (Å²) in [5.74, 6) is 2.44. The van der Waals surface area contributed by atoms with E-state index < -0.39 is 6.10 Å². The smallest absolute Gasteiger partial charge is 0.261 e. The first-order valence-corrected chi connectivity index (χ1v) is 10.5. The largest absolute Gasteiger partial charge is 0.497 e. The number of aryl methyl sites for hydroxylation is 1. The van der Waals surface area contributed by atoms with Crippen LogP contribution in [0.5, 0.6) is 17.2 Å². The Hall–Kier alpha value is -2.69. The molecule has 1 aliphatic heterocycles. The van der Waals surface area contributed by atoms with Crippen LogP contribution in [0.1, 0.15) is 69.7 Å². The Balaban J connectivity index is 1.80. The number of hydrogen-bond donors (Lipinski definition) is 1. The minimum Gasteiger partial charge on any atom is -0.497 e. The summed E-state index contributed by atoms with van der Waals surface area (Å²) in [4.78, 5) is 13.0. The maximum absolute atomic E-state index is 13.0. The van der Waals surface area contributed by atoms with Gasteiger partial charge >= 0.3 is 0 Å². The summed E-state index contributed by atoms with van der Waals surface area (Å²) in [6, 6.07) is 11.7. The number of methoxy groups -OCH3 is 1. The van der Waals surface area contributed by atoms with Crippen molar-refractivity contribution in [2.24, 2.45) is 0 Å². The predicted molar refractivity (Wildman–Crippen MR) is 119 cm³/mol. The van der Waals surface area contributed by atoms with E-state index in [1.165, 1.54) is 0 Å². The normalized spacial score (nSPS) is 18.2. The molecule has 0 aliphatic carbocycles. The van der Waals surface area contributed by atoms with Crippen molar-refractivity contribution in [3.05, 3.63) is 53.1 Å². The fourth-order valence-electron chi connectivity index (χ4n) is 3.84. The van der Waals surface area contributed by atoms with Crippen LogP contribution in [0.25, 0.3) is 0 Å². The molecule has 3 rings (SSSR count). The summed E-state index contributed by atoms with van der Waals surface area (Å²) in [7, 11) is 1.63. The van der Waals surface area contributed by atoms with Crippen molar-refractivity contribution in [2.45, 2.75) is 71.6 Å². The second-order valence-electron chi connectivity index (χ2n) is 8.99. The highest BCUT2D eigenvalue weighted by atomic mass is 16.5. The van der Waals surface area contributed by atoms with Crippen LogP contribution in [-0.2, 0) is 4.79 Å². The fraction of sp³-hybridized carbons (Fsp3) is 0.480. The molecule has 0 saturated carbocycles. The van der Waals surface area contributed by atoms with Crippen molar-refractivity contribution in [3.8, 4) is 17.2 Å². The van der Waals surface area contributed by atoms with Crippen LogP contribution in [0.15, 0.2) is 36.4 Å². The number of carbonyl (C=O) groups excluding carboxylic acids is 1. The third-order valence-electron chi connectivity index (χ3n) is 5.45. The van der Waals surface area contributed by atoms with E-state index >= 15 is 0 Å². The van der Waals surface area contributed by atoms with Gasteiger partial charge in [0, 0.05) is 12.0 Å². The first-order chi connectivity index (χ1) is 14.1. The summed E-state index contributed by atoms with van der Waals surface area (Å²) in [5.41, 5.74) is 2.75. The lowest BCUT2D eigenvalue weighted by molar-refractivity contribution is -0.128. The second-order valence-corrected chi connectivity index (χ2v) is 8.99. The lowest BCUT2D eigenvalue weighted by Gasteiger charge is -2.38. The Morgan fingerprint density at radius 3 is 2.57 bits per heavy atom. The molecule has 0 fully saturated rings. The van der Waals surface area contributed by atoms with E-state index in [-0.39, 0.29) is 17.6 Å². The molecule has 5 nitrogen and oxygen atoms in total. The van der Waals surface area contributed by atoms with Crippen molar-refractivity contribution in [1.82, 2.24) is 5.32 Å². The molecule has 1 aliphatic rings. The van der Waals surface area contributed by atoms with Crippen LogP contribution >= 0.6 is 0 Å². The van der Waals surface area contributed by atoms with Gasteiger partial charge in [-0.05, 0) is 69.0 Å². The number of nitrogens with one attached hydrogen (secondary N) is 1.